The Balaban J connectivity index is 2.35. The van der Waals surface area contributed by atoms with Gasteiger partial charge in [0.25, 0.3) is 0 Å². The molecule has 1 aliphatic heterocycles. The molecular weight excluding hydrogens is 255 g/mol. The molecule has 6 heteroatoms. The molecule has 0 aliphatic carbocycles. The molecule has 0 aromatic carbocycles. The van der Waals surface area contributed by atoms with E-state index in [1.165, 1.54) is 0 Å². The largest absolute Gasteiger partial charge is 0.500 e. The second-order valence-corrected chi connectivity index (χ2v) is 6.21. The van der Waals surface area contributed by atoms with Crippen LogP contribution in [0.3, 0.4) is 0 Å². The second-order valence-electron chi connectivity index (χ2n) is 6.21. The Morgan fingerprint density at radius 2 is 1.75 bits per heavy atom. The Morgan fingerprint density at radius 1 is 1.20 bits per heavy atom. The summed E-state index contributed by atoms with van der Waals surface area (Å²) < 4.78 is 17.4. The van der Waals surface area contributed by atoms with Gasteiger partial charge in [0, 0.05) is 11.5 Å². The van der Waals surface area contributed by atoms with Gasteiger partial charge in [-0.15, -0.1) is 0 Å². The van der Waals surface area contributed by atoms with Crippen LogP contribution in [0.25, 0.3) is 0 Å². The van der Waals surface area contributed by atoms with E-state index in [1.807, 2.05) is 46.8 Å². The monoisotopic (exact) mass is 278 g/mol. The van der Waals surface area contributed by atoms with Crippen LogP contribution in [0.2, 0.25) is 0 Å². The average molecular weight is 278 g/mol. The number of hydrogen-bond donors (Lipinski definition) is 1. The molecule has 1 aromatic heterocycles. The average Bonchev–Trinajstić information content (AvgIpc) is 2.57. The highest BCUT2D eigenvalue weighted by atomic mass is 16.7. The standard InChI is InChI=1S/C14H23BN2O3/c1-9(16)11-8-7-10(12(17-11)18-6)15-19-13(2,3)14(4,5)20-15/h7-9H,16H2,1-6H3. The fourth-order valence-electron chi connectivity index (χ4n) is 2.03. The van der Waals surface area contributed by atoms with Crippen LogP contribution in [-0.2, 0) is 9.31 Å². The second kappa shape index (κ2) is 5.02. The molecule has 0 spiro atoms. The van der Waals surface area contributed by atoms with Crippen molar-refractivity contribution in [2.75, 3.05) is 7.11 Å². The molecule has 110 valence electrons. The summed E-state index contributed by atoms with van der Waals surface area (Å²) in [6.45, 7) is 9.95. The third-order valence-corrected chi connectivity index (χ3v) is 4.08. The van der Waals surface area contributed by atoms with E-state index in [-0.39, 0.29) is 17.2 Å². The predicted molar refractivity (Wildman–Crippen MR) is 79.1 cm³/mol. The van der Waals surface area contributed by atoms with Crippen molar-refractivity contribution in [1.82, 2.24) is 4.98 Å². The van der Waals surface area contributed by atoms with Crippen molar-refractivity contribution in [3.63, 3.8) is 0 Å². The van der Waals surface area contributed by atoms with E-state index < -0.39 is 7.12 Å². The highest BCUT2D eigenvalue weighted by molar-refractivity contribution is 6.63. The van der Waals surface area contributed by atoms with Crippen molar-refractivity contribution in [3.8, 4) is 5.88 Å². The van der Waals surface area contributed by atoms with Crippen molar-refractivity contribution < 1.29 is 14.0 Å². The quantitative estimate of drug-likeness (QED) is 0.847. The van der Waals surface area contributed by atoms with Gasteiger partial charge in [0.1, 0.15) is 0 Å². The summed E-state index contributed by atoms with van der Waals surface area (Å²) in [6.07, 6.45) is 0. The summed E-state index contributed by atoms with van der Waals surface area (Å²) >= 11 is 0. The molecular formula is C14H23BN2O3. The number of rotatable bonds is 3. The van der Waals surface area contributed by atoms with Crippen molar-refractivity contribution in [2.24, 2.45) is 5.73 Å². The molecule has 0 radical (unpaired) electrons. The lowest BCUT2D eigenvalue weighted by atomic mass is 9.79. The SMILES string of the molecule is COc1nc(C(C)N)ccc1B1OC(C)(C)C(C)(C)O1. The minimum absolute atomic E-state index is 0.142. The van der Waals surface area contributed by atoms with Crippen LogP contribution in [0.5, 0.6) is 5.88 Å². The first kappa shape index (κ1) is 15.3. The highest BCUT2D eigenvalue weighted by Gasteiger charge is 2.52. The first-order valence-electron chi connectivity index (χ1n) is 6.84. The van der Waals surface area contributed by atoms with E-state index in [2.05, 4.69) is 4.98 Å². The summed E-state index contributed by atoms with van der Waals surface area (Å²) in [7, 11) is 1.10. The van der Waals surface area contributed by atoms with Crippen molar-refractivity contribution >= 4 is 12.6 Å². The van der Waals surface area contributed by atoms with E-state index >= 15 is 0 Å². The molecule has 2 N–H and O–H groups in total. The zero-order chi connectivity index (χ0) is 15.1. The van der Waals surface area contributed by atoms with Crippen LogP contribution in [0.4, 0.5) is 0 Å². The number of pyridine rings is 1. The molecule has 1 aliphatic rings. The molecule has 0 amide bonds. The van der Waals surface area contributed by atoms with Gasteiger partial charge in [0.15, 0.2) is 0 Å². The maximum Gasteiger partial charge on any atom is 0.500 e. The Kier molecular flexibility index (Phi) is 3.84. The number of hydrogen-bond acceptors (Lipinski definition) is 5. The summed E-state index contributed by atoms with van der Waals surface area (Å²) in [5.41, 5.74) is 6.64. The fourth-order valence-corrected chi connectivity index (χ4v) is 2.03. The zero-order valence-corrected chi connectivity index (χ0v) is 13.1. The molecule has 0 saturated carbocycles. The first-order chi connectivity index (χ1) is 9.18. The van der Waals surface area contributed by atoms with Crippen LogP contribution in [0.1, 0.15) is 46.4 Å². The van der Waals surface area contributed by atoms with Crippen LogP contribution < -0.4 is 15.9 Å². The molecule has 5 nitrogen and oxygen atoms in total. The number of aromatic nitrogens is 1. The maximum atomic E-state index is 6.02. The highest BCUT2D eigenvalue weighted by Crippen LogP contribution is 2.37. The van der Waals surface area contributed by atoms with Crippen molar-refractivity contribution in [1.29, 1.82) is 0 Å². The van der Waals surface area contributed by atoms with Gasteiger partial charge in [-0.25, -0.2) is 4.98 Å². The molecule has 20 heavy (non-hydrogen) atoms. The Bertz CT molecular complexity index is 487. The smallest absolute Gasteiger partial charge is 0.481 e. The van der Waals surface area contributed by atoms with E-state index in [0.29, 0.717) is 5.88 Å². The minimum Gasteiger partial charge on any atom is -0.481 e. The number of ether oxygens (including phenoxy) is 1. The predicted octanol–water partition coefficient (Wildman–Crippen LogP) is 1.41. The number of methoxy groups -OCH3 is 1. The van der Waals surface area contributed by atoms with Gasteiger partial charge in [-0.05, 0) is 40.7 Å². The molecule has 1 fully saturated rings. The summed E-state index contributed by atoms with van der Waals surface area (Å²) in [6, 6.07) is 3.65. The maximum absolute atomic E-state index is 6.02. The third kappa shape index (κ3) is 2.55. The van der Waals surface area contributed by atoms with Gasteiger partial charge in [-0.2, -0.15) is 0 Å². The molecule has 2 heterocycles. The van der Waals surface area contributed by atoms with Crippen LogP contribution >= 0.6 is 0 Å². The Labute approximate surface area is 121 Å². The molecule has 1 aromatic rings. The van der Waals surface area contributed by atoms with E-state index in [1.54, 1.807) is 7.11 Å². The van der Waals surface area contributed by atoms with Crippen LogP contribution in [0, 0.1) is 0 Å². The van der Waals surface area contributed by atoms with Crippen molar-refractivity contribution in [3.05, 3.63) is 17.8 Å². The molecule has 1 saturated heterocycles. The zero-order valence-electron chi connectivity index (χ0n) is 13.1. The molecule has 0 bridgehead atoms. The van der Waals surface area contributed by atoms with Crippen LogP contribution in [-0.4, -0.2) is 30.4 Å². The van der Waals surface area contributed by atoms with E-state index in [0.717, 1.165) is 11.2 Å². The van der Waals surface area contributed by atoms with Gasteiger partial charge in [-0.1, -0.05) is 6.07 Å². The van der Waals surface area contributed by atoms with Gasteiger partial charge in [0.05, 0.1) is 24.0 Å². The molecule has 2 rings (SSSR count). The van der Waals surface area contributed by atoms with Gasteiger partial charge >= 0.3 is 7.12 Å². The third-order valence-electron chi connectivity index (χ3n) is 4.08. The molecule has 1 unspecified atom stereocenters. The number of nitrogens with zero attached hydrogens (tertiary/aromatic N) is 1. The summed E-state index contributed by atoms with van der Waals surface area (Å²) in [5.74, 6) is 0.498. The van der Waals surface area contributed by atoms with Gasteiger partial charge in [0.2, 0.25) is 5.88 Å². The summed E-state index contributed by atoms with van der Waals surface area (Å²) in [4.78, 5) is 4.42. The Morgan fingerprint density at radius 3 is 2.20 bits per heavy atom. The number of nitrogens with two attached hydrogens (primary N) is 1. The lowest BCUT2D eigenvalue weighted by molar-refractivity contribution is 0.00578. The van der Waals surface area contributed by atoms with Crippen molar-refractivity contribution in [2.45, 2.75) is 51.9 Å². The van der Waals surface area contributed by atoms with Gasteiger partial charge < -0.3 is 19.8 Å². The minimum atomic E-state index is -0.482. The lowest BCUT2D eigenvalue weighted by Gasteiger charge is -2.32. The fraction of sp³-hybridized carbons (Fsp3) is 0.643. The van der Waals surface area contributed by atoms with E-state index in [9.17, 15) is 0 Å². The topological polar surface area (TPSA) is 66.6 Å². The lowest BCUT2D eigenvalue weighted by Crippen LogP contribution is -2.41. The summed E-state index contributed by atoms with van der Waals surface area (Å²) in [5, 5.41) is 0. The first-order valence-corrected chi connectivity index (χ1v) is 6.84. The van der Waals surface area contributed by atoms with Gasteiger partial charge in [-0.3, -0.25) is 0 Å². The molecule has 1 atom stereocenters. The van der Waals surface area contributed by atoms with E-state index in [4.69, 9.17) is 19.8 Å². The Hall–Kier alpha value is -1.11. The van der Waals surface area contributed by atoms with Crippen LogP contribution in [0.15, 0.2) is 12.1 Å². The normalized spacial score (nSPS) is 21.9.